The Kier molecular flexibility index (Phi) is 4.99. The lowest BCUT2D eigenvalue weighted by atomic mass is 9.71. The topological polar surface area (TPSA) is 35.2 Å². The molecule has 0 aliphatic heterocycles. The molecule has 2 N–H and O–H groups in total. The Bertz CT molecular complexity index is 530. The van der Waals surface area contributed by atoms with Crippen molar-refractivity contribution in [3.05, 3.63) is 35.1 Å². The van der Waals surface area contributed by atoms with Gasteiger partial charge in [0.2, 0.25) is 0 Å². The van der Waals surface area contributed by atoms with Crippen molar-refractivity contribution in [2.45, 2.75) is 52.7 Å². The molecule has 2 unspecified atom stereocenters. The number of halogens is 1. The van der Waals surface area contributed by atoms with Crippen molar-refractivity contribution in [2.24, 2.45) is 17.1 Å². The fourth-order valence-electron chi connectivity index (χ4n) is 3.52. The first kappa shape index (κ1) is 16.4. The highest BCUT2D eigenvalue weighted by Gasteiger charge is 2.32. The van der Waals surface area contributed by atoms with Gasteiger partial charge in [0.15, 0.2) is 0 Å². The molecule has 1 saturated carbocycles. The number of hydrogen-bond acceptors (Lipinski definition) is 2. The second kappa shape index (κ2) is 6.41. The Morgan fingerprint density at radius 2 is 2.14 bits per heavy atom. The van der Waals surface area contributed by atoms with E-state index in [1.807, 2.05) is 0 Å². The molecular formula is C17H24FNOS. The second-order valence-corrected chi connectivity index (χ2v) is 7.45. The number of thiocarbonyl (C=S) groups is 1. The van der Waals surface area contributed by atoms with Crippen LogP contribution in [0.15, 0.2) is 18.2 Å². The SMILES string of the molecule is CC1CC(OCc2cc(F)ccc2C(N)=S)CC(C)(C)C1. The average molecular weight is 309 g/mol. The summed E-state index contributed by atoms with van der Waals surface area (Å²) >= 11 is 5.02. The number of ether oxygens (including phenoxy) is 1. The van der Waals surface area contributed by atoms with Crippen LogP contribution in [-0.4, -0.2) is 11.1 Å². The highest BCUT2D eigenvalue weighted by atomic mass is 32.1. The molecule has 1 aliphatic rings. The van der Waals surface area contributed by atoms with Crippen LogP contribution in [0.3, 0.4) is 0 Å². The third-order valence-corrected chi connectivity index (χ3v) is 4.37. The Balaban J connectivity index is 2.06. The Hall–Kier alpha value is -1.00. The van der Waals surface area contributed by atoms with E-state index in [4.69, 9.17) is 22.7 Å². The molecule has 116 valence electrons. The molecule has 4 heteroatoms. The maximum atomic E-state index is 13.4. The number of rotatable bonds is 4. The standard InChI is InChI=1S/C17H24FNOS/c1-11-6-14(9-17(2,3)8-11)20-10-12-7-13(18)4-5-15(12)16(19)21/h4-5,7,11,14H,6,8-10H2,1-3H3,(H2,19,21). The molecule has 2 atom stereocenters. The maximum Gasteiger partial charge on any atom is 0.123 e. The molecule has 1 aromatic rings. The van der Waals surface area contributed by atoms with Crippen molar-refractivity contribution >= 4 is 17.2 Å². The van der Waals surface area contributed by atoms with Gasteiger partial charge in [-0.3, -0.25) is 0 Å². The van der Waals surface area contributed by atoms with E-state index in [9.17, 15) is 4.39 Å². The minimum atomic E-state index is -0.286. The zero-order valence-electron chi connectivity index (χ0n) is 13.0. The lowest BCUT2D eigenvalue weighted by Crippen LogP contribution is -2.32. The minimum absolute atomic E-state index is 0.214. The lowest BCUT2D eigenvalue weighted by molar-refractivity contribution is -0.0317. The maximum absolute atomic E-state index is 13.4. The van der Waals surface area contributed by atoms with E-state index in [1.165, 1.54) is 18.6 Å². The van der Waals surface area contributed by atoms with Crippen LogP contribution in [0.1, 0.15) is 51.2 Å². The number of benzene rings is 1. The first-order chi connectivity index (χ1) is 9.77. The van der Waals surface area contributed by atoms with Crippen LogP contribution in [0, 0.1) is 17.2 Å². The van der Waals surface area contributed by atoms with Crippen LogP contribution < -0.4 is 5.73 Å². The summed E-state index contributed by atoms with van der Waals surface area (Å²) in [6.07, 6.45) is 3.53. The van der Waals surface area contributed by atoms with Gasteiger partial charge in [-0.15, -0.1) is 0 Å². The summed E-state index contributed by atoms with van der Waals surface area (Å²) in [5, 5.41) is 0. The molecule has 21 heavy (non-hydrogen) atoms. The van der Waals surface area contributed by atoms with Gasteiger partial charge < -0.3 is 10.5 Å². The first-order valence-corrected chi connectivity index (χ1v) is 7.87. The zero-order chi connectivity index (χ0) is 15.6. The van der Waals surface area contributed by atoms with Crippen LogP contribution in [0.25, 0.3) is 0 Å². The molecule has 0 saturated heterocycles. The van der Waals surface area contributed by atoms with Crippen molar-refractivity contribution in [3.8, 4) is 0 Å². The molecule has 0 spiro atoms. The van der Waals surface area contributed by atoms with Crippen LogP contribution in [0.4, 0.5) is 4.39 Å². The van der Waals surface area contributed by atoms with Crippen LogP contribution in [-0.2, 0) is 11.3 Å². The van der Waals surface area contributed by atoms with Gasteiger partial charge in [0.1, 0.15) is 10.8 Å². The predicted molar refractivity (Wildman–Crippen MR) is 87.7 cm³/mol. The number of nitrogens with two attached hydrogens (primary N) is 1. The van der Waals surface area contributed by atoms with E-state index in [2.05, 4.69) is 20.8 Å². The van der Waals surface area contributed by atoms with E-state index in [-0.39, 0.29) is 16.9 Å². The van der Waals surface area contributed by atoms with Gasteiger partial charge in [0.05, 0.1) is 12.7 Å². The molecule has 0 radical (unpaired) electrons. The third kappa shape index (κ3) is 4.48. The van der Waals surface area contributed by atoms with E-state index in [0.29, 0.717) is 23.5 Å². The quantitative estimate of drug-likeness (QED) is 0.847. The summed E-state index contributed by atoms with van der Waals surface area (Å²) in [6, 6.07) is 4.47. The van der Waals surface area contributed by atoms with Crippen molar-refractivity contribution in [1.29, 1.82) is 0 Å². The molecule has 2 nitrogen and oxygen atoms in total. The van der Waals surface area contributed by atoms with Crippen molar-refractivity contribution < 1.29 is 9.13 Å². The largest absolute Gasteiger partial charge is 0.389 e. The lowest BCUT2D eigenvalue weighted by Gasteiger charge is -2.38. The fraction of sp³-hybridized carbons (Fsp3) is 0.588. The third-order valence-electron chi connectivity index (χ3n) is 4.15. The molecule has 1 fully saturated rings. The van der Waals surface area contributed by atoms with E-state index in [1.54, 1.807) is 6.07 Å². The van der Waals surface area contributed by atoms with Gasteiger partial charge in [-0.2, -0.15) is 0 Å². The second-order valence-electron chi connectivity index (χ2n) is 7.01. The van der Waals surface area contributed by atoms with Crippen molar-refractivity contribution in [1.82, 2.24) is 0 Å². The molecule has 2 rings (SSSR count). The van der Waals surface area contributed by atoms with Gasteiger partial charge in [0, 0.05) is 5.56 Å². The Morgan fingerprint density at radius 3 is 2.76 bits per heavy atom. The molecule has 0 aromatic heterocycles. The predicted octanol–water partition coefficient (Wildman–Crippen LogP) is 4.19. The Morgan fingerprint density at radius 1 is 1.43 bits per heavy atom. The van der Waals surface area contributed by atoms with Gasteiger partial charge in [-0.05, 0) is 54.4 Å². The van der Waals surface area contributed by atoms with Gasteiger partial charge >= 0.3 is 0 Å². The zero-order valence-corrected chi connectivity index (χ0v) is 13.8. The summed E-state index contributed by atoms with van der Waals surface area (Å²) in [7, 11) is 0. The molecular weight excluding hydrogens is 285 g/mol. The highest BCUT2D eigenvalue weighted by molar-refractivity contribution is 7.80. The highest BCUT2D eigenvalue weighted by Crippen LogP contribution is 2.39. The summed E-state index contributed by atoms with van der Waals surface area (Å²) in [4.78, 5) is 0.283. The van der Waals surface area contributed by atoms with Crippen molar-refractivity contribution in [2.75, 3.05) is 0 Å². The number of hydrogen-bond donors (Lipinski definition) is 1. The fourth-order valence-corrected chi connectivity index (χ4v) is 3.71. The van der Waals surface area contributed by atoms with E-state index < -0.39 is 0 Å². The van der Waals surface area contributed by atoms with Crippen molar-refractivity contribution in [3.63, 3.8) is 0 Å². The molecule has 0 amide bonds. The monoisotopic (exact) mass is 309 g/mol. The average Bonchev–Trinajstić information content (AvgIpc) is 2.33. The van der Waals surface area contributed by atoms with E-state index in [0.717, 1.165) is 18.4 Å². The van der Waals surface area contributed by atoms with Crippen LogP contribution in [0.5, 0.6) is 0 Å². The van der Waals surface area contributed by atoms with Crippen LogP contribution >= 0.6 is 12.2 Å². The summed E-state index contributed by atoms with van der Waals surface area (Å²) < 4.78 is 19.5. The summed E-state index contributed by atoms with van der Waals surface area (Å²) in [5.41, 5.74) is 7.43. The van der Waals surface area contributed by atoms with Gasteiger partial charge in [0.25, 0.3) is 0 Å². The minimum Gasteiger partial charge on any atom is -0.389 e. The van der Waals surface area contributed by atoms with Gasteiger partial charge in [-0.25, -0.2) is 4.39 Å². The summed E-state index contributed by atoms with van der Waals surface area (Å²) in [5.74, 6) is 0.368. The van der Waals surface area contributed by atoms with Gasteiger partial charge in [-0.1, -0.05) is 33.0 Å². The van der Waals surface area contributed by atoms with E-state index >= 15 is 0 Å². The molecule has 0 bridgehead atoms. The normalized spacial score (nSPS) is 24.8. The van der Waals surface area contributed by atoms with Crippen LogP contribution in [0.2, 0.25) is 0 Å². The molecule has 1 aromatic carbocycles. The molecule has 1 aliphatic carbocycles. The first-order valence-electron chi connectivity index (χ1n) is 7.47. The smallest absolute Gasteiger partial charge is 0.123 e. The summed E-state index contributed by atoms with van der Waals surface area (Å²) in [6.45, 7) is 7.18. The Labute approximate surface area is 131 Å². The molecule has 0 heterocycles.